The molecule has 1 fully saturated rings. The molecule has 3 rings (SSSR count). The smallest absolute Gasteiger partial charge is 0.316 e. The summed E-state index contributed by atoms with van der Waals surface area (Å²) in [6, 6.07) is 3.38. The fraction of sp³-hybridized carbons (Fsp3) is 0.471. The molecule has 2 aliphatic rings. The highest BCUT2D eigenvalue weighted by Gasteiger charge is 2.49. The van der Waals surface area contributed by atoms with E-state index in [4.69, 9.17) is 14.2 Å². The van der Waals surface area contributed by atoms with Crippen LogP contribution in [0.5, 0.6) is 0 Å². The molecule has 2 aliphatic heterocycles. The van der Waals surface area contributed by atoms with E-state index >= 15 is 0 Å². The molecule has 134 valence electrons. The maximum atomic E-state index is 13.4. The van der Waals surface area contributed by atoms with Crippen LogP contribution in [-0.4, -0.2) is 54.8 Å². The molecule has 0 aromatic heterocycles. The Morgan fingerprint density at radius 1 is 1.28 bits per heavy atom. The van der Waals surface area contributed by atoms with E-state index in [0.717, 1.165) is 17.0 Å². The zero-order valence-corrected chi connectivity index (χ0v) is 13.9. The SMILES string of the molecule is CCOC(=O)C(CN1C(=O)c2ccc(F)cc2C1=O)C1(C)OCCO1. The first-order valence-electron chi connectivity index (χ1n) is 7.97. The first-order chi connectivity index (χ1) is 11.9. The number of ether oxygens (including phenoxy) is 3. The number of rotatable bonds is 5. The molecule has 2 heterocycles. The van der Waals surface area contributed by atoms with Crippen molar-refractivity contribution in [3.8, 4) is 0 Å². The molecule has 0 saturated carbocycles. The molecule has 0 N–H and O–H groups in total. The lowest BCUT2D eigenvalue weighted by atomic mass is 9.99. The Hall–Kier alpha value is -2.32. The molecule has 1 aromatic carbocycles. The predicted molar refractivity (Wildman–Crippen MR) is 82.2 cm³/mol. The van der Waals surface area contributed by atoms with Gasteiger partial charge in [-0.3, -0.25) is 19.3 Å². The molecule has 0 spiro atoms. The van der Waals surface area contributed by atoms with Crippen molar-refractivity contribution in [3.63, 3.8) is 0 Å². The first-order valence-corrected chi connectivity index (χ1v) is 7.97. The van der Waals surface area contributed by atoms with Gasteiger partial charge in [-0.1, -0.05) is 0 Å². The standard InChI is InChI=1S/C17H18FNO6/c1-3-23-16(22)13(17(2)24-6-7-25-17)9-19-14(20)11-5-4-10(18)8-12(11)15(19)21/h4-5,8,13H,3,6-7,9H2,1-2H3. The number of halogens is 1. The summed E-state index contributed by atoms with van der Waals surface area (Å²) in [7, 11) is 0. The van der Waals surface area contributed by atoms with E-state index < -0.39 is 35.3 Å². The van der Waals surface area contributed by atoms with E-state index in [9.17, 15) is 18.8 Å². The van der Waals surface area contributed by atoms with Crippen LogP contribution in [-0.2, 0) is 19.0 Å². The van der Waals surface area contributed by atoms with Gasteiger partial charge in [0.1, 0.15) is 11.7 Å². The van der Waals surface area contributed by atoms with Crippen molar-refractivity contribution in [1.82, 2.24) is 4.90 Å². The number of carbonyl (C=O) groups is 3. The van der Waals surface area contributed by atoms with Gasteiger partial charge in [-0.15, -0.1) is 0 Å². The lowest BCUT2D eigenvalue weighted by molar-refractivity contribution is -0.201. The monoisotopic (exact) mass is 351 g/mol. The van der Waals surface area contributed by atoms with Gasteiger partial charge in [-0.2, -0.15) is 0 Å². The Kier molecular flexibility index (Phi) is 4.57. The van der Waals surface area contributed by atoms with Gasteiger partial charge in [0.05, 0.1) is 30.9 Å². The maximum Gasteiger partial charge on any atom is 0.316 e. The summed E-state index contributed by atoms with van der Waals surface area (Å²) in [5.41, 5.74) is 0.0819. The number of hydrogen-bond acceptors (Lipinski definition) is 6. The fourth-order valence-corrected chi connectivity index (χ4v) is 3.04. The van der Waals surface area contributed by atoms with Gasteiger partial charge < -0.3 is 14.2 Å². The molecular weight excluding hydrogens is 333 g/mol. The summed E-state index contributed by atoms with van der Waals surface area (Å²) in [6.45, 7) is 3.67. The number of carbonyl (C=O) groups excluding carboxylic acids is 3. The molecule has 7 nitrogen and oxygen atoms in total. The second-order valence-corrected chi connectivity index (χ2v) is 5.93. The number of fused-ring (bicyclic) bond motifs is 1. The topological polar surface area (TPSA) is 82.1 Å². The van der Waals surface area contributed by atoms with Gasteiger partial charge in [0.15, 0.2) is 5.79 Å². The van der Waals surface area contributed by atoms with Crippen LogP contribution in [0.1, 0.15) is 34.6 Å². The molecule has 1 atom stereocenters. The van der Waals surface area contributed by atoms with Crippen LogP contribution in [0.2, 0.25) is 0 Å². The van der Waals surface area contributed by atoms with Gasteiger partial charge in [-0.05, 0) is 32.0 Å². The fourth-order valence-electron chi connectivity index (χ4n) is 3.04. The summed E-state index contributed by atoms with van der Waals surface area (Å²) in [5.74, 6) is -4.80. The molecular formula is C17H18FNO6. The Labute approximate surface area is 143 Å². The number of hydrogen-bond donors (Lipinski definition) is 0. The third kappa shape index (κ3) is 3.03. The minimum Gasteiger partial charge on any atom is -0.466 e. The van der Waals surface area contributed by atoms with Crippen LogP contribution in [0.3, 0.4) is 0 Å². The van der Waals surface area contributed by atoms with Gasteiger partial charge in [0.25, 0.3) is 11.8 Å². The van der Waals surface area contributed by atoms with Crippen molar-refractivity contribution in [1.29, 1.82) is 0 Å². The molecule has 1 saturated heterocycles. The highest BCUT2D eigenvalue weighted by molar-refractivity contribution is 6.21. The Bertz CT molecular complexity index is 728. The molecule has 0 aliphatic carbocycles. The minimum absolute atomic E-state index is 0.0222. The average molecular weight is 351 g/mol. The van der Waals surface area contributed by atoms with Gasteiger partial charge in [0.2, 0.25) is 0 Å². The lowest BCUT2D eigenvalue weighted by Gasteiger charge is -2.32. The maximum absolute atomic E-state index is 13.4. The third-order valence-electron chi connectivity index (χ3n) is 4.36. The van der Waals surface area contributed by atoms with Crippen LogP contribution in [0.4, 0.5) is 4.39 Å². The number of esters is 1. The van der Waals surface area contributed by atoms with Crippen molar-refractivity contribution >= 4 is 17.8 Å². The second kappa shape index (κ2) is 6.53. The molecule has 2 amide bonds. The van der Waals surface area contributed by atoms with Crippen molar-refractivity contribution in [3.05, 3.63) is 35.1 Å². The number of benzene rings is 1. The van der Waals surface area contributed by atoms with Crippen LogP contribution in [0.25, 0.3) is 0 Å². The highest BCUT2D eigenvalue weighted by Crippen LogP contribution is 2.32. The quantitative estimate of drug-likeness (QED) is 0.589. The summed E-state index contributed by atoms with van der Waals surface area (Å²) >= 11 is 0. The largest absolute Gasteiger partial charge is 0.466 e. The van der Waals surface area contributed by atoms with Crippen molar-refractivity contribution in [2.45, 2.75) is 19.6 Å². The average Bonchev–Trinajstić information content (AvgIpc) is 3.10. The molecule has 0 radical (unpaired) electrons. The second-order valence-electron chi connectivity index (χ2n) is 5.93. The summed E-state index contributed by atoms with van der Waals surface area (Å²) in [6.07, 6.45) is 0. The number of imide groups is 1. The number of nitrogens with zero attached hydrogens (tertiary/aromatic N) is 1. The number of amides is 2. The van der Waals surface area contributed by atoms with Gasteiger partial charge in [0, 0.05) is 6.54 Å². The van der Waals surface area contributed by atoms with E-state index in [1.165, 1.54) is 6.07 Å². The first kappa shape index (κ1) is 17.5. The van der Waals surface area contributed by atoms with Crippen LogP contribution < -0.4 is 0 Å². The Morgan fingerprint density at radius 3 is 2.56 bits per heavy atom. The summed E-state index contributed by atoms with van der Waals surface area (Å²) in [4.78, 5) is 38.3. The van der Waals surface area contributed by atoms with E-state index in [1.54, 1.807) is 13.8 Å². The van der Waals surface area contributed by atoms with E-state index in [0.29, 0.717) is 13.2 Å². The van der Waals surface area contributed by atoms with Gasteiger partial charge in [-0.25, -0.2) is 4.39 Å². The molecule has 1 aromatic rings. The van der Waals surface area contributed by atoms with E-state index in [2.05, 4.69) is 0 Å². The lowest BCUT2D eigenvalue weighted by Crippen LogP contribution is -2.49. The van der Waals surface area contributed by atoms with Crippen LogP contribution in [0.15, 0.2) is 18.2 Å². The predicted octanol–water partition coefficient (Wildman–Crippen LogP) is 1.36. The zero-order chi connectivity index (χ0) is 18.2. The molecule has 1 unspecified atom stereocenters. The van der Waals surface area contributed by atoms with Crippen molar-refractivity contribution in [2.75, 3.05) is 26.4 Å². The van der Waals surface area contributed by atoms with E-state index in [-0.39, 0.29) is 24.3 Å². The Balaban J connectivity index is 1.89. The van der Waals surface area contributed by atoms with Crippen LogP contribution >= 0.6 is 0 Å². The Morgan fingerprint density at radius 2 is 1.92 bits per heavy atom. The minimum atomic E-state index is -1.30. The van der Waals surface area contributed by atoms with E-state index in [1.807, 2.05) is 0 Å². The van der Waals surface area contributed by atoms with Crippen LogP contribution in [0, 0.1) is 11.7 Å². The zero-order valence-electron chi connectivity index (χ0n) is 13.9. The normalized spacial score (nSPS) is 19.9. The van der Waals surface area contributed by atoms with Gasteiger partial charge >= 0.3 is 5.97 Å². The molecule has 0 bridgehead atoms. The summed E-state index contributed by atoms with van der Waals surface area (Å²) in [5, 5.41) is 0. The summed E-state index contributed by atoms with van der Waals surface area (Å²) < 4.78 is 29.5. The highest BCUT2D eigenvalue weighted by atomic mass is 19.1. The molecule has 8 heteroatoms. The molecule has 25 heavy (non-hydrogen) atoms. The van der Waals surface area contributed by atoms with Crippen molar-refractivity contribution < 1.29 is 33.0 Å². The van der Waals surface area contributed by atoms with Crippen molar-refractivity contribution in [2.24, 2.45) is 5.92 Å². The third-order valence-corrected chi connectivity index (χ3v) is 4.36.